The van der Waals surface area contributed by atoms with Crippen molar-refractivity contribution in [1.82, 2.24) is 14.7 Å². The first-order valence-electron chi connectivity index (χ1n) is 15.2. The fourth-order valence-corrected chi connectivity index (χ4v) is 7.53. The third kappa shape index (κ3) is 5.37. The van der Waals surface area contributed by atoms with Crippen LogP contribution in [0.25, 0.3) is 0 Å². The average molecular weight is 566 g/mol. The van der Waals surface area contributed by atoms with Gasteiger partial charge >= 0.3 is 0 Å². The summed E-state index contributed by atoms with van der Waals surface area (Å²) in [4.78, 5) is 48.2. The molecule has 1 spiro atoms. The minimum Gasteiger partial charge on any atom is -0.394 e. The molecule has 0 radical (unpaired) electrons. The number of aliphatic hydroxyl groups excluding tert-OH is 1. The van der Waals surface area contributed by atoms with Crippen molar-refractivity contribution in [3.63, 3.8) is 0 Å². The Labute approximate surface area is 245 Å². The number of fused-ring (bicyclic) bond motifs is 1. The number of likely N-dealkylation sites (tertiary alicyclic amines) is 1. The minimum atomic E-state index is -1.13. The van der Waals surface area contributed by atoms with Crippen LogP contribution in [0.1, 0.15) is 57.9 Å². The molecule has 41 heavy (non-hydrogen) atoms. The maximum Gasteiger partial charge on any atom is 0.248 e. The second kappa shape index (κ2) is 12.9. The fourth-order valence-electron chi connectivity index (χ4n) is 7.53. The van der Waals surface area contributed by atoms with E-state index in [9.17, 15) is 19.5 Å². The molecule has 0 saturated carbocycles. The largest absolute Gasteiger partial charge is 0.394 e. The predicted molar refractivity (Wildman–Crippen MR) is 159 cm³/mol. The number of benzene rings is 1. The highest BCUT2D eigenvalue weighted by Gasteiger charge is 2.79. The van der Waals surface area contributed by atoms with Crippen molar-refractivity contribution >= 4 is 17.7 Å². The van der Waals surface area contributed by atoms with Crippen molar-refractivity contribution in [2.24, 2.45) is 11.8 Å². The lowest BCUT2D eigenvalue weighted by Crippen LogP contribution is -2.59. The van der Waals surface area contributed by atoms with Crippen LogP contribution in [0.4, 0.5) is 0 Å². The minimum absolute atomic E-state index is 0.158. The van der Waals surface area contributed by atoms with Gasteiger partial charge in [0.05, 0.1) is 30.1 Å². The van der Waals surface area contributed by atoms with E-state index in [1.54, 1.807) is 33.9 Å². The first kappa shape index (κ1) is 31.0. The Morgan fingerprint density at radius 3 is 2.44 bits per heavy atom. The van der Waals surface area contributed by atoms with Crippen LogP contribution >= 0.6 is 0 Å². The predicted octanol–water partition coefficient (Wildman–Crippen LogP) is 3.59. The molecule has 0 aliphatic carbocycles. The highest BCUT2D eigenvalue weighted by molar-refractivity contribution is 5.99. The van der Waals surface area contributed by atoms with E-state index in [4.69, 9.17) is 4.74 Å². The maximum atomic E-state index is 14.6. The molecule has 224 valence electrons. The zero-order chi connectivity index (χ0) is 29.8. The molecule has 2 unspecified atom stereocenters. The number of nitrogens with zero attached hydrogens (tertiary/aromatic N) is 3. The number of unbranched alkanes of at least 4 members (excludes halogenated alkanes) is 2. The molecule has 3 amide bonds. The average Bonchev–Trinajstić information content (AvgIpc) is 3.59. The zero-order valence-electron chi connectivity index (χ0n) is 25.0. The monoisotopic (exact) mass is 565 g/mol. The number of ether oxygens (including phenoxy) is 1. The van der Waals surface area contributed by atoms with Crippen LogP contribution in [0.15, 0.2) is 55.6 Å². The molecule has 6 atom stereocenters. The first-order valence-corrected chi connectivity index (χ1v) is 15.2. The highest BCUT2D eigenvalue weighted by atomic mass is 16.5. The summed E-state index contributed by atoms with van der Waals surface area (Å²) in [6.07, 6.45) is 8.29. The second-order valence-electron chi connectivity index (χ2n) is 11.9. The number of likely N-dealkylation sites (N-methyl/N-ethyl adjacent to an activating group) is 1. The molecule has 1 aromatic rings. The van der Waals surface area contributed by atoms with Crippen LogP contribution < -0.4 is 0 Å². The SMILES string of the molecule is C=CCN(C)C(=O)[C@H]1[C@H]2C(=O)N([C@@H](CO)Cc3ccccc3)C(C(=O)N(CC=C)CCCCC)C23CC[C@]1(CC)O3. The normalized spacial score (nSPS) is 28.8. The maximum absolute atomic E-state index is 14.6. The lowest BCUT2D eigenvalue weighted by atomic mass is 9.64. The van der Waals surface area contributed by atoms with E-state index in [0.717, 1.165) is 24.8 Å². The lowest BCUT2D eigenvalue weighted by molar-refractivity contribution is -0.157. The third-order valence-electron chi connectivity index (χ3n) is 9.51. The Morgan fingerprint density at radius 2 is 1.83 bits per heavy atom. The van der Waals surface area contributed by atoms with Crippen molar-refractivity contribution < 1.29 is 24.2 Å². The van der Waals surface area contributed by atoms with E-state index in [0.29, 0.717) is 45.3 Å². The number of rotatable bonds is 15. The summed E-state index contributed by atoms with van der Waals surface area (Å²) in [5, 5.41) is 10.7. The van der Waals surface area contributed by atoms with Gasteiger partial charge in [-0.25, -0.2) is 0 Å². The fraction of sp³-hybridized carbons (Fsp3) is 0.606. The Bertz CT molecular complexity index is 1130. The highest BCUT2D eigenvalue weighted by Crippen LogP contribution is 2.65. The molecule has 2 bridgehead atoms. The molecular formula is C33H47N3O5. The van der Waals surface area contributed by atoms with Gasteiger partial charge in [-0.15, -0.1) is 13.2 Å². The van der Waals surface area contributed by atoms with Gasteiger partial charge in [0.15, 0.2) is 0 Å². The van der Waals surface area contributed by atoms with E-state index in [1.165, 1.54) is 0 Å². The van der Waals surface area contributed by atoms with E-state index >= 15 is 0 Å². The van der Waals surface area contributed by atoms with Crippen LogP contribution in [0, 0.1) is 11.8 Å². The Hall–Kier alpha value is -2.97. The van der Waals surface area contributed by atoms with E-state index < -0.39 is 35.1 Å². The van der Waals surface area contributed by atoms with Gasteiger partial charge in [-0.3, -0.25) is 14.4 Å². The molecular weight excluding hydrogens is 518 g/mol. The van der Waals surface area contributed by atoms with Gasteiger partial charge in [-0.1, -0.05) is 69.2 Å². The van der Waals surface area contributed by atoms with E-state index in [2.05, 4.69) is 20.1 Å². The van der Waals surface area contributed by atoms with Gasteiger partial charge in [-0.05, 0) is 37.7 Å². The summed E-state index contributed by atoms with van der Waals surface area (Å²) in [5.74, 6) is -2.12. The smallest absolute Gasteiger partial charge is 0.248 e. The molecule has 3 fully saturated rings. The molecule has 3 aliphatic heterocycles. The molecule has 8 heteroatoms. The molecule has 4 rings (SSSR count). The molecule has 1 N–H and O–H groups in total. The summed E-state index contributed by atoms with van der Waals surface area (Å²) >= 11 is 0. The summed E-state index contributed by atoms with van der Waals surface area (Å²) in [6.45, 7) is 12.7. The standard InChI is InChI=1S/C33H47N3O5/c1-6-10-14-21-35(20-8-3)31(40)28-33-18-17-32(9-4,41-33)26(29(38)34(5)19-7-2)27(33)30(39)36(28)25(23-37)22-24-15-12-11-13-16-24/h7-8,11-13,15-16,25-28,37H,2-3,6,9-10,14,17-23H2,1,4-5H3/t25-,26-,27+,28?,32+,33?/m1/s1. The second-order valence-corrected chi connectivity index (χ2v) is 11.9. The number of carbonyl (C=O) groups is 3. The molecule has 3 aliphatic rings. The topological polar surface area (TPSA) is 90.4 Å². The number of carbonyl (C=O) groups excluding carboxylic acids is 3. The van der Waals surface area contributed by atoms with Gasteiger partial charge in [0.25, 0.3) is 0 Å². The molecule has 3 saturated heterocycles. The zero-order valence-corrected chi connectivity index (χ0v) is 25.0. The van der Waals surface area contributed by atoms with Crippen molar-refractivity contribution in [2.75, 3.05) is 33.3 Å². The van der Waals surface area contributed by atoms with Crippen molar-refractivity contribution in [3.8, 4) is 0 Å². The lowest BCUT2D eigenvalue weighted by Gasteiger charge is -2.39. The number of aliphatic hydroxyl groups is 1. The van der Waals surface area contributed by atoms with Crippen LogP contribution in [0.2, 0.25) is 0 Å². The van der Waals surface area contributed by atoms with Gasteiger partial charge in [0.1, 0.15) is 11.6 Å². The van der Waals surface area contributed by atoms with Gasteiger partial charge < -0.3 is 24.5 Å². The van der Waals surface area contributed by atoms with Crippen molar-refractivity contribution in [3.05, 3.63) is 61.2 Å². The van der Waals surface area contributed by atoms with Gasteiger partial charge in [0, 0.05) is 26.7 Å². The van der Waals surface area contributed by atoms with Gasteiger partial charge in [0.2, 0.25) is 17.7 Å². The van der Waals surface area contributed by atoms with Crippen LogP contribution in [0.5, 0.6) is 0 Å². The number of hydrogen-bond donors (Lipinski definition) is 1. The first-order chi connectivity index (χ1) is 19.7. The Kier molecular flexibility index (Phi) is 9.75. The summed E-state index contributed by atoms with van der Waals surface area (Å²) < 4.78 is 6.93. The molecule has 3 heterocycles. The third-order valence-corrected chi connectivity index (χ3v) is 9.51. The quantitative estimate of drug-likeness (QED) is 0.259. The van der Waals surface area contributed by atoms with E-state index in [-0.39, 0.29) is 24.3 Å². The Morgan fingerprint density at radius 1 is 1.12 bits per heavy atom. The summed E-state index contributed by atoms with van der Waals surface area (Å²) in [6, 6.07) is 8.11. The van der Waals surface area contributed by atoms with Crippen molar-refractivity contribution in [1.29, 1.82) is 0 Å². The Balaban J connectivity index is 1.82. The summed E-state index contributed by atoms with van der Waals surface area (Å²) in [5.41, 5.74) is -0.982. The summed E-state index contributed by atoms with van der Waals surface area (Å²) in [7, 11) is 1.72. The number of amides is 3. The van der Waals surface area contributed by atoms with Crippen molar-refractivity contribution in [2.45, 2.75) is 82.1 Å². The van der Waals surface area contributed by atoms with E-state index in [1.807, 2.05) is 37.3 Å². The van der Waals surface area contributed by atoms with Crippen LogP contribution in [-0.4, -0.2) is 94.1 Å². The molecule has 0 aromatic heterocycles. The number of hydrogen-bond acceptors (Lipinski definition) is 5. The van der Waals surface area contributed by atoms with Crippen LogP contribution in [-0.2, 0) is 25.5 Å². The van der Waals surface area contributed by atoms with Crippen LogP contribution in [0.3, 0.4) is 0 Å². The van der Waals surface area contributed by atoms with Gasteiger partial charge in [-0.2, -0.15) is 0 Å². The molecule has 1 aromatic carbocycles. The molecule has 8 nitrogen and oxygen atoms in total.